The maximum atomic E-state index is 12.7. The first-order valence-electron chi connectivity index (χ1n) is 22.1. The van der Waals surface area contributed by atoms with Gasteiger partial charge < -0.3 is 23.8 Å². The van der Waals surface area contributed by atoms with Crippen molar-refractivity contribution in [3.63, 3.8) is 0 Å². The van der Waals surface area contributed by atoms with Crippen LogP contribution >= 0.6 is 0 Å². The van der Waals surface area contributed by atoms with Gasteiger partial charge in [-0.15, -0.1) is 0 Å². The number of ether oxygens (including phenoxy) is 3. The van der Waals surface area contributed by atoms with Crippen LogP contribution in [0.25, 0.3) is 0 Å². The molecule has 0 saturated heterocycles. The van der Waals surface area contributed by atoms with E-state index < -0.39 is 18.1 Å². The minimum atomic E-state index is -0.893. The van der Waals surface area contributed by atoms with Crippen LogP contribution in [0.1, 0.15) is 129 Å². The quantitative estimate of drug-likeness (QED) is 0.0219. The number of carboxylic acids is 1. The molecule has 0 radical (unpaired) electrons. The van der Waals surface area contributed by atoms with E-state index in [-0.39, 0.29) is 42.7 Å². The minimum absolute atomic E-state index is 0.0258. The maximum Gasteiger partial charge on any atom is 0.362 e. The largest absolute Gasteiger partial charge is 0.477 e. The van der Waals surface area contributed by atoms with E-state index in [0.717, 1.165) is 89.9 Å². The fourth-order valence-electron chi connectivity index (χ4n) is 5.61. The van der Waals surface area contributed by atoms with Gasteiger partial charge in [0.2, 0.25) is 0 Å². The van der Waals surface area contributed by atoms with E-state index in [1.165, 1.54) is 0 Å². The van der Waals surface area contributed by atoms with Gasteiger partial charge in [-0.25, -0.2) is 4.79 Å². The minimum Gasteiger partial charge on any atom is -0.477 e. The predicted molar refractivity (Wildman–Crippen MR) is 247 cm³/mol. The normalized spacial score (nSPS) is 14.1. The molecule has 0 aliphatic rings. The summed E-state index contributed by atoms with van der Waals surface area (Å²) in [5.74, 6) is -1.58. The number of hydrogen-bond acceptors (Lipinski definition) is 6. The first kappa shape index (κ1) is 54.7. The molecule has 0 aliphatic heterocycles. The Morgan fingerprint density at radius 2 is 0.983 bits per heavy atom. The predicted octanol–water partition coefficient (Wildman–Crippen LogP) is 12.2. The molecule has 0 fully saturated rings. The van der Waals surface area contributed by atoms with Crippen molar-refractivity contribution in [1.29, 1.82) is 0 Å². The van der Waals surface area contributed by atoms with Gasteiger partial charge in [0.1, 0.15) is 6.61 Å². The van der Waals surface area contributed by atoms with Crippen LogP contribution in [0.4, 0.5) is 0 Å². The molecular weight excluding hydrogens is 739 g/mol. The number of carbonyl (C=O) groups excluding carboxylic acids is 2. The van der Waals surface area contributed by atoms with Crippen molar-refractivity contribution >= 4 is 17.9 Å². The van der Waals surface area contributed by atoms with Crippen molar-refractivity contribution in [3.8, 4) is 0 Å². The van der Waals surface area contributed by atoms with Crippen LogP contribution in [0, 0.1) is 0 Å². The van der Waals surface area contributed by atoms with Gasteiger partial charge in [-0.1, -0.05) is 155 Å². The number of nitrogens with zero attached hydrogens (tertiary/aromatic N) is 1. The molecule has 0 aliphatic carbocycles. The van der Waals surface area contributed by atoms with Gasteiger partial charge in [0.25, 0.3) is 0 Å². The van der Waals surface area contributed by atoms with Crippen molar-refractivity contribution < 1.29 is 38.2 Å². The van der Waals surface area contributed by atoms with Crippen molar-refractivity contribution in [2.75, 3.05) is 41.0 Å². The van der Waals surface area contributed by atoms with E-state index in [0.29, 0.717) is 19.3 Å². The molecule has 0 spiro atoms. The number of hydrogen-bond donors (Lipinski definition) is 1. The third-order valence-electron chi connectivity index (χ3n) is 8.98. The van der Waals surface area contributed by atoms with Gasteiger partial charge in [-0.2, -0.15) is 0 Å². The molecule has 2 unspecified atom stereocenters. The van der Waals surface area contributed by atoms with E-state index in [2.05, 4.69) is 86.8 Å². The summed E-state index contributed by atoms with van der Waals surface area (Å²) in [6, 6.07) is -0.635. The molecule has 0 saturated carbocycles. The first-order chi connectivity index (χ1) is 28.6. The van der Waals surface area contributed by atoms with E-state index in [9.17, 15) is 19.5 Å². The number of unbranched alkanes of at least 4 members (excludes halogenated alkanes) is 7. The molecule has 330 valence electrons. The summed E-state index contributed by atoms with van der Waals surface area (Å²) in [5.41, 5.74) is 0. The molecule has 1 N–H and O–H groups in total. The summed E-state index contributed by atoms with van der Waals surface area (Å²) in [7, 11) is 5.48. The summed E-state index contributed by atoms with van der Waals surface area (Å²) >= 11 is 0. The van der Waals surface area contributed by atoms with E-state index in [4.69, 9.17) is 14.2 Å². The Balaban J connectivity index is 4.48. The highest BCUT2D eigenvalue weighted by Crippen LogP contribution is 2.12. The molecule has 0 aromatic rings. The fraction of sp³-hybridized carbons (Fsp3) is 0.549. The average molecular weight is 819 g/mol. The zero-order valence-corrected chi connectivity index (χ0v) is 37.4. The summed E-state index contributed by atoms with van der Waals surface area (Å²) in [4.78, 5) is 37.0. The van der Waals surface area contributed by atoms with Gasteiger partial charge >= 0.3 is 17.9 Å². The number of carboxylic acid groups (broad SMARTS) is 1. The van der Waals surface area contributed by atoms with E-state index >= 15 is 0 Å². The molecule has 0 heterocycles. The third-order valence-corrected chi connectivity index (χ3v) is 8.98. The average Bonchev–Trinajstić information content (AvgIpc) is 3.19. The van der Waals surface area contributed by atoms with E-state index in [1.807, 2.05) is 69.8 Å². The molecule has 0 amide bonds. The Hall–Kier alpha value is -4.27. The second kappa shape index (κ2) is 40.5. The number of likely N-dealkylation sites (N-methyl/N-ethyl adjacent to an activating group) is 1. The number of rotatable bonds is 37. The molecule has 0 rings (SSSR count). The first-order valence-corrected chi connectivity index (χ1v) is 22.1. The number of quaternary nitrogens is 1. The molecule has 0 aromatic carbocycles. The Morgan fingerprint density at radius 1 is 0.525 bits per heavy atom. The Kier molecular flexibility index (Phi) is 37.6. The van der Waals surface area contributed by atoms with Crippen molar-refractivity contribution in [2.24, 2.45) is 0 Å². The summed E-state index contributed by atoms with van der Waals surface area (Å²) < 4.78 is 17.2. The summed E-state index contributed by atoms with van der Waals surface area (Å²) in [5, 5.41) is 9.62. The van der Waals surface area contributed by atoms with Gasteiger partial charge in [0.05, 0.1) is 34.4 Å². The Morgan fingerprint density at radius 3 is 1.53 bits per heavy atom. The van der Waals surface area contributed by atoms with E-state index in [1.54, 1.807) is 0 Å². The number of carbonyl (C=O) groups is 3. The number of aliphatic carboxylic acids is 1. The van der Waals surface area contributed by atoms with Gasteiger partial charge in [0.15, 0.2) is 12.1 Å². The van der Waals surface area contributed by atoms with Crippen LogP contribution in [0.15, 0.2) is 122 Å². The van der Waals surface area contributed by atoms with Crippen LogP contribution in [0.3, 0.4) is 0 Å². The SMILES string of the molecule is CC/C=C/C=C/C=C/C=C/C=C/CCCCCC(=O)OC(COCCC(C(=O)O)[N+](C)(C)C)COC(=O)CCCCCC/C=C/C/C=C/C/C=C/C/C=C/C/C=C/CC. The molecule has 8 nitrogen and oxygen atoms in total. The number of allylic oxidation sites excluding steroid dienone is 20. The Bertz CT molecular complexity index is 1370. The zero-order chi connectivity index (χ0) is 43.5. The molecule has 0 aromatic heterocycles. The highest BCUT2D eigenvalue weighted by molar-refractivity contribution is 5.72. The van der Waals surface area contributed by atoms with Crippen LogP contribution in [-0.4, -0.2) is 80.6 Å². The van der Waals surface area contributed by atoms with Crippen LogP contribution in [0.5, 0.6) is 0 Å². The summed E-state index contributed by atoms with van der Waals surface area (Å²) in [6.45, 7) is 4.37. The lowest BCUT2D eigenvalue weighted by molar-refractivity contribution is -0.887. The zero-order valence-electron chi connectivity index (χ0n) is 37.4. The topological polar surface area (TPSA) is 99.1 Å². The smallest absolute Gasteiger partial charge is 0.362 e. The standard InChI is InChI=1S/C51H79NO7/c1-6-8-10-12-14-16-18-20-22-23-24-25-26-28-29-31-33-35-37-39-41-49(53)58-46-47(45-57-44-43-48(51(55)56)52(3,4)5)59-50(54)42-40-38-36-34-32-30-27-21-19-17-15-13-11-9-7-2/h8-11,13-17,19-22,24-25,27-30,32,47-48H,6-7,12,18,23,26,31,33-46H2,1-5H3/p+1/b10-8+,11-9+,15-13+,16-14+,19-17+,22-20+,25-24+,27-21+,29-28+,32-30+. The summed E-state index contributed by atoms with van der Waals surface area (Å²) in [6.07, 6.45) is 56.7. The monoisotopic (exact) mass is 819 g/mol. The van der Waals surface area contributed by atoms with Crippen molar-refractivity contribution in [3.05, 3.63) is 122 Å². The van der Waals surface area contributed by atoms with Crippen LogP contribution in [-0.2, 0) is 28.6 Å². The molecule has 59 heavy (non-hydrogen) atoms. The van der Waals surface area contributed by atoms with Crippen molar-refractivity contribution in [1.82, 2.24) is 0 Å². The van der Waals surface area contributed by atoms with Gasteiger partial charge in [0, 0.05) is 19.3 Å². The second-order valence-corrected chi connectivity index (χ2v) is 15.3. The highest BCUT2D eigenvalue weighted by atomic mass is 16.6. The molecule has 0 bridgehead atoms. The third kappa shape index (κ3) is 39.0. The van der Waals surface area contributed by atoms with Crippen LogP contribution in [0.2, 0.25) is 0 Å². The lowest BCUT2D eigenvalue weighted by atomic mass is 10.1. The van der Waals surface area contributed by atoms with Gasteiger partial charge in [-0.3, -0.25) is 9.59 Å². The van der Waals surface area contributed by atoms with Gasteiger partial charge in [-0.05, 0) is 77.0 Å². The van der Waals surface area contributed by atoms with Crippen molar-refractivity contribution in [2.45, 2.75) is 142 Å². The highest BCUT2D eigenvalue weighted by Gasteiger charge is 2.31. The number of esters is 2. The maximum absolute atomic E-state index is 12.7. The van der Waals surface area contributed by atoms with Crippen LogP contribution < -0.4 is 0 Å². The lowest BCUT2D eigenvalue weighted by Crippen LogP contribution is -2.50. The molecule has 8 heteroatoms. The lowest BCUT2D eigenvalue weighted by Gasteiger charge is -2.31. The second-order valence-electron chi connectivity index (χ2n) is 15.3. The molecule has 2 atom stereocenters. The molecular formula is C51H80NO7+. The fourth-order valence-corrected chi connectivity index (χ4v) is 5.61. The Labute approximate surface area is 359 Å².